The van der Waals surface area contributed by atoms with E-state index in [1.165, 1.54) is 12.3 Å². The van der Waals surface area contributed by atoms with E-state index in [9.17, 15) is 19.8 Å². The van der Waals surface area contributed by atoms with Gasteiger partial charge in [0.15, 0.2) is 6.23 Å². The molecule has 2 heterocycles. The van der Waals surface area contributed by atoms with Crippen LogP contribution in [0.1, 0.15) is 19.6 Å². The zero-order chi connectivity index (χ0) is 14.9. The summed E-state index contributed by atoms with van der Waals surface area (Å²) < 4.78 is 7.37. The van der Waals surface area contributed by atoms with Crippen molar-refractivity contribution in [3.05, 3.63) is 33.1 Å². The summed E-state index contributed by atoms with van der Waals surface area (Å²) in [6.07, 6.45) is -2.90. The minimum atomic E-state index is -1.35. The van der Waals surface area contributed by atoms with E-state index >= 15 is 0 Å². The number of aromatic nitrogens is 2. The van der Waals surface area contributed by atoms with E-state index < -0.39 is 42.4 Å². The van der Waals surface area contributed by atoms with E-state index in [4.69, 9.17) is 9.84 Å². The molecule has 2 rings (SSSR count). The third-order valence-corrected chi connectivity index (χ3v) is 3.33. The van der Waals surface area contributed by atoms with Gasteiger partial charge in [-0.15, -0.1) is 0 Å². The average molecular weight is 286 g/mol. The summed E-state index contributed by atoms with van der Waals surface area (Å²) in [5.74, 6) is 0. The third-order valence-electron chi connectivity index (χ3n) is 3.33. The molecule has 8 nitrogen and oxygen atoms in total. The summed E-state index contributed by atoms with van der Waals surface area (Å²) >= 11 is 0. The standard InChI is InChI=1S/C12H18N2O6/c1-2-4-13-8(16)3-5-14(12(13)19)11-10(18)9(17)7(6-15)20-11/h3,5,7,9-11,15,17-18H,2,4,6H2,1H3/t7-,9-,10-,11?/m1/s1. The van der Waals surface area contributed by atoms with Crippen molar-refractivity contribution >= 4 is 0 Å². The van der Waals surface area contributed by atoms with Crippen LogP contribution in [0, 0.1) is 0 Å². The molecule has 8 heteroatoms. The SMILES string of the molecule is CCCn1c(=O)ccn(C2O[C@H](CO)[C@@H](O)[C@H]2O)c1=O. The molecule has 112 valence electrons. The van der Waals surface area contributed by atoms with E-state index in [0.29, 0.717) is 6.42 Å². The first-order valence-electron chi connectivity index (χ1n) is 6.45. The molecule has 0 aliphatic carbocycles. The molecule has 1 saturated heterocycles. The Morgan fingerprint density at radius 2 is 2.00 bits per heavy atom. The lowest BCUT2D eigenvalue weighted by Crippen LogP contribution is -2.43. The van der Waals surface area contributed by atoms with Gasteiger partial charge in [0.05, 0.1) is 6.61 Å². The third kappa shape index (κ3) is 2.42. The summed E-state index contributed by atoms with van der Waals surface area (Å²) in [5, 5.41) is 28.6. The molecule has 0 spiro atoms. The smallest absolute Gasteiger partial charge is 0.333 e. The molecule has 1 aliphatic heterocycles. The second kappa shape index (κ2) is 5.88. The summed E-state index contributed by atoms with van der Waals surface area (Å²) in [6.45, 7) is 1.61. The van der Waals surface area contributed by atoms with Crippen LogP contribution in [0.25, 0.3) is 0 Å². The van der Waals surface area contributed by atoms with E-state index in [1.54, 1.807) is 0 Å². The maximum atomic E-state index is 12.2. The van der Waals surface area contributed by atoms with Crippen LogP contribution in [0.4, 0.5) is 0 Å². The summed E-state index contributed by atoms with van der Waals surface area (Å²) in [6, 6.07) is 1.20. The Kier molecular flexibility index (Phi) is 4.39. The first-order valence-corrected chi connectivity index (χ1v) is 6.45. The quantitative estimate of drug-likeness (QED) is 0.592. The number of aliphatic hydroxyl groups excluding tert-OH is 3. The fraction of sp³-hybridized carbons (Fsp3) is 0.667. The van der Waals surface area contributed by atoms with Crippen molar-refractivity contribution in [2.75, 3.05) is 6.61 Å². The van der Waals surface area contributed by atoms with E-state index in [-0.39, 0.29) is 6.54 Å². The largest absolute Gasteiger partial charge is 0.394 e. The highest BCUT2D eigenvalue weighted by Crippen LogP contribution is 2.27. The van der Waals surface area contributed by atoms with E-state index in [1.807, 2.05) is 6.92 Å². The van der Waals surface area contributed by atoms with Crippen LogP contribution in [-0.4, -0.2) is 49.4 Å². The number of hydrogen-bond donors (Lipinski definition) is 3. The van der Waals surface area contributed by atoms with Crippen LogP contribution in [0.3, 0.4) is 0 Å². The molecule has 1 aromatic heterocycles. The lowest BCUT2D eigenvalue weighted by molar-refractivity contribution is -0.0556. The van der Waals surface area contributed by atoms with Gasteiger partial charge in [0.1, 0.15) is 18.3 Å². The predicted molar refractivity (Wildman–Crippen MR) is 68.3 cm³/mol. The van der Waals surface area contributed by atoms with Crippen molar-refractivity contribution in [1.29, 1.82) is 0 Å². The molecule has 4 atom stereocenters. The number of rotatable bonds is 4. The minimum absolute atomic E-state index is 0.257. The van der Waals surface area contributed by atoms with E-state index in [0.717, 1.165) is 9.13 Å². The van der Waals surface area contributed by atoms with Crippen molar-refractivity contribution < 1.29 is 20.1 Å². The molecule has 0 saturated carbocycles. The molecule has 1 aliphatic rings. The topological polar surface area (TPSA) is 114 Å². The molecule has 0 radical (unpaired) electrons. The number of hydrogen-bond acceptors (Lipinski definition) is 6. The molecule has 20 heavy (non-hydrogen) atoms. The maximum absolute atomic E-state index is 12.2. The van der Waals surface area contributed by atoms with Gasteiger partial charge in [0, 0.05) is 18.8 Å². The lowest BCUT2D eigenvalue weighted by atomic mass is 10.1. The second-order valence-electron chi connectivity index (χ2n) is 4.72. The van der Waals surface area contributed by atoms with Crippen molar-refractivity contribution in [3.63, 3.8) is 0 Å². The zero-order valence-corrected chi connectivity index (χ0v) is 11.0. The van der Waals surface area contributed by atoms with E-state index in [2.05, 4.69) is 0 Å². The van der Waals surface area contributed by atoms with Gasteiger partial charge in [-0.05, 0) is 6.42 Å². The van der Waals surface area contributed by atoms with Crippen molar-refractivity contribution in [1.82, 2.24) is 9.13 Å². The van der Waals surface area contributed by atoms with Gasteiger partial charge in [0.2, 0.25) is 0 Å². The van der Waals surface area contributed by atoms with Gasteiger partial charge in [-0.3, -0.25) is 13.9 Å². The highest BCUT2D eigenvalue weighted by molar-refractivity contribution is 4.94. The molecule has 0 amide bonds. The molecule has 3 N–H and O–H groups in total. The molecule has 0 bridgehead atoms. The highest BCUT2D eigenvalue weighted by atomic mass is 16.6. The average Bonchev–Trinajstić information content (AvgIpc) is 2.71. The van der Waals surface area contributed by atoms with Crippen LogP contribution in [-0.2, 0) is 11.3 Å². The second-order valence-corrected chi connectivity index (χ2v) is 4.72. The Bertz CT molecular complexity index is 580. The predicted octanol–water partition coefficient (Wildman–Crippen LogP) is -1.97. The minimum Gasteiger partial charge on any atom is -0.394 e. The Hall–Kier alpha value is -1.48. The molecule has 1 fully saturated rings. The number of aliphatic hydroxyl groups is 3. The lowest BCUT2D eigenvalue weighted by Gasteiger charge is -2.18. The fourth-order valence-corrected chi connectivity index (χ4v) is 2.26. The van der Waals surface area contributed by atoms with Crippen molar-refractivity contribution in [2.45, 2.75) is 44.4 Å². The van der Waals surface area contributed by atoms with Crippen LogP contribution in [0.2, 0.25) is 0 Å². The fourth-order valence-electron chi connectivity index (χ4n) is 2.26. The first kappa shape index (κ1) is 14.9. The molecular weight excluding hydrogens is 268 g/mol. The number of nitrogens with zero attached hydrogens (tertiary/aromatic N) is 2. The Balaban J connectivity index is 2.42. The normalized spacial score (nSPS) is 29.8. The Morgan fingerprint density at radius 3 is 2.55 bits per heavy atom. The number of ether oxygens (including phenoxy) is 1. The van der Waals surface area contributed by atoms with Gasteiger partial charge in [-0.25, -0.2) is 4.79 Å². The summed E-state index contributed by atoms with van der Waals surface area (Å²) in [7, 11) is 0. The molecule has 1 unspecified atom stereocenters. The molecule has 1 aromatic rings. The molecular formula is C12H18N2O6. The van der Waals surface area contributed by atoms with Crippen molar-refractivity contribution in [2.24, 2.45) is 0 Å². The zero-order valence-electron chi connectivity index (χ0n) is 11.0. The van der Waals surface area contributed by atoms with Crippen LogP contribution in [0.15, 0.2) is 21.9 Å². The maximum Gasteiger partial charge on any atom is 0.333 e. The van der Waals surface area contributed by atoms with Gasteiger partial charge < -0.3 is 20.1 Å². The van der Waals surface area contributed by atoms with Crippen LogP contribution < -0.4 is 11.2 Å². The highest BCUT2D eigenvalue weighted by Gasteiger charge is 2.43. The van der Waals surface area contributed by atoms with Gasteiger partial charge in [-0.2, -0.15) is 0 Å². The van der Waals surface area contributed by atoms with Crippen LogP contribution in [0.5, 0.6) is 0 Å². The summed E-state index contributed by atoms with van der Waals surface area (Å²) in [5.41, 5.74) is -1.05. The van der Waals surface area contributed by atoms with Gasteiger partial charge >= 0.3 is 5.69 Å². The Labute approximate surface area is 114 Å². The summed E-state index contributed by atoms with van der Waals surface area (Å²) in [4.78, 5) is 23.8. The van der Waals surface area contributed by atoms with Crippen LogP contribution >= 0.6 is 0 Å². The molecule has 0 aromatic carbocycles. The monoisotopic (exact) mass is 286 g/mol. The first-order chi connectivity index (χ1) is 9.51. The van der Waals surface area contributed by atoms with Gasteiger partial charge in [-0.1, -0.05) is 6.92 Å². The van der Waals surface area contributed by atoms with Crippen molar-refractivity contribution in [3.8, 4) is 0 Å². The van der Waals surface area contributed by atoms with Gasteiger partial charge in [0.25, 0.3) is 5.56 Å². The Morgan fingerprint density at radius 1 is 1.30 bits per heavy atom.